The number of rotatable bonds is 7. The number of nitrogens with one attached hydrogen (secondary N) is 1. The molecule has 3 rings (SSSR count). The van der Waals surface area contributed by atoms with Gasteiger partial charge in [0.05, 0.1) is 4.92 Å². The van der Waals surface area contributed by atoms with Crippen molar-refractivity contribution < 1.29 is 19.2 Å². The van der Waals surface area contributed by atoms with E-state index in [1.807, 2.05) is 31.2 Å². The van der Waals surface area contributed by atoms with Gasteiger partial charge in [-0.15, -0.1) is 0 Å². The van der Waals surface area contributed by atoms with Crippen molar-refractivity contribution in [3.05, 3.63) is 95.1 Å². The molecule has 0 radical (unpaired) electrons. The van der Waals surface area contributed by atoms with Gasteiger partial charge in [0.1, 0.15) is 5.75 Å². The molecule has 182 valence electrons. The number of carbonyl (C=O) groups excluding carboxylic acids is 2. The fourth-order valence-electron chi connectivity index (χ4n) is 3.01. The second-order valence-electron chi connectivity index (χ2n) is 7.76. The summed E-state index contributed by atoms with van der Waals surface area (Å²) in [5, 5.41) is 13.2. The van der Waals surface area contributed by atoms with Crippen LogP contribution in [0.3, 0.4) is 0 Å². The highest BCUT2D eigenvalue weighted by molar-refractivity contribution is 5.94. The number of hydrogen-bond donors (Lipinski definition) is 1. The molecule has 1 N–H and O–H groups in total. The Labute approximate surface area is 201 Å². The Kier molecular flexibility index (Phi) is 13.2. The summed E-state index contributed by atoms with van der Waals surface area (Å²) in [5.41, 5.74) is 1.91. The molecule has 8 heteroatoms. The molecule has 1 heterocycles. The van der Waals surface area contributed by atoms with E-state index in [0.29, 0.717) is 5.92 Å². The van der Waals surface area contributed by atoms with Crippen LogP contribution in [-0.4, -0.2) is 48.9 Å². The lowest BCUT2D eigenvalue weighted by atomic mass is 9.97. The van der Waals surface area contributed by atoms with E-state index in [1.54, 1.807) is 12.2 Å². The van der Waals surface area contributed by atoms with Gasteiger partial charge in [-0.05, 0) is 70.1 Å². The third-order valence-corrected chi connectivity index (χ3v) is 5.10. The Morgan fingerprint density at radius 3 is 2.15 bits per heavy atom. The number of allylic oxidation sites excluding steroid dienone is 2. The lowest BCUT2D eigenvalue weighted by Crippen LogP contribution is -2.36. The molecule has 1 amide bonds. The number of nitro groups is 1. The number of carbonyl (C=O) groups is 2. The SMILES string of the molecule is C=CC=C.Cc1ccc(C(=O)NCC2CCN(C)CC2)cc1.O=COc1ccc([N+](=O)[O-])cc1. The van der Waals surface area contributed by atoms with Crippen LogP contribution < -0.4 is 10.1 Å². The molecule has 0 unspecified atom stereocenters. The van der Waals surface area contributed by atoms with Crippen molar-refractivity contribution in [3.8, 4) is 5.75 Å². The highest BCUT2D eigenvalue weighted by Gasteiger charge is 2.17. The van der Waals surface area contributed by atoms with Gasteiger partial charge in [-0.25, -0.2) is 0 Å². The first-order chi connectivity index (χ1) is 16.3. The number of amides is 1. The van der Waals surface area contributed by atoms with E-state index in [1.165, 1.54) is 42.7 Å². The minimum absolute atomic E-state index is 0.0340. The first kappa shape index (κ1) is 28.3. The summed E-state index contributed by atoms with van der Waals surface area (Å²) in [7, 11) is 2.15. The number of benzene rings is 2. The molecular formula is C26H33N3O5. The van der Waals surface area contributed by atoms with Crippen molar-refractivity contribution in [2.45, 2.75) is 19.8 Å². The van der Waals surface area contributed by atoms with Crippen molar-refractivity contribution in [2.24, 2.45) is 5.92 Å². The molecule has 1 aliphatic rings. The predicted molar refractivity (Wildman–Crippen MR) is 134 cm³/mol. The molecule has 0 spiro atoms. The molecule has 0 saturated carbocycles. The molecule has 0 bridgehead atoms. The average Bonchev–Trinajstić information content (AvgIpc) is 2.85. The summed E-state index contributed by atoms with van der Waals surface area (Å²) in [6.45, 7) is 12.1. The number of likely N-dealkylation sites (tertiary alicyclic amines) is 1. The quantitative estimate of drug-likeness (QED) is 0.277. The zero-order valence-corrected chi connectivity index (χ0v) is 19.8. The summed E-state index contributed by atoms with van der Waals surface area (Å²) in [4.78, 5) is 33.8. The number of hydrogen-bond acceptors (Lipinski definition) is 6. The van der Waals surface area contributed by atoms with Crippen LogP contribution in [0.1, 0.15) is 28.8 Å². The van der Waals surface area contributed by atoms with Crippen molar-refractivity contribution >= 4 is 18.1 Å². The molecule has 8 nitrogen and oxygen atoms in total. The third kappa shape index (κ3) is 11.2. The molecule has 2 aromatic carbocycles. The van der Waals surface area contributed by atoms with E-state index >= 15 is 0 Å². The summed E-state index contributed by atoms with van der Waals surface area (Å²) < 4.78 is 4.44. The van der Waals surface area contributed by atoms with E-state index in [-0.39, 0.29) is 23.8 Å². The van der Waals surface area contributed by atoms with Gasteiger partial charge < -0.3 is 15.0 Å². The van der Waals surface area contributed by atoms with Crippen molar-refractivity contribution in [1.82, 2.24) is 10.2 Å². The molecule has 1 saturated heterocycles. The largest absolute Gasteiger partial charge is 0.429 e. The highest BCUT2D eigenvalue weighted by Crippen LogP contribution is 2.16. The molecule has 1 fully saturated rings. The summed E-state index contributed by atoms with van der Waals surface area (Å²) in [6, 6.07) is 13.0. The first-order valence-corrected chi connectivity index (χ1v) is 10.9. The molecule has 1 aliphatic heterocycles. The van der Waals surface area contributed by atoms with Gasteiger partial charge in [-0.1, -0.05) is 43.0 Å². The van der Waals surface area contributed by atoms with Gasteiger partial charge in [0.15, 0.2) is 0 Å². The highest BCUT2D eigenvalue weighted by atomic mass is 16.6. The standard InChI is InChI=1S/C15H22N2O.C7H5NO4.C4H6/c1-12-3-5-14(6-4-12)15(18)16-11-13-7-9-17(2)10-8-13;9-5-12-7-3-1-6(2-4-7)8(10)11;1-3-4-2/h3-6,13H,7-11H2,1-2H3,(H,16,18);1-5H;3-4H,1-2H2. The third-order valence-electron chi connectivity index (χ3n) is 5.10. The van der Waals surface area contributed by atoms with E-state index in [2.05, 4.69) is 35.2 Å². The fraction of sp³-hybridized carbons (Fsp3) is 0.308. The number of piperidine rings is 1. The van der Waals surface area contributed by atoms with Crippen LogP contribution in [0.5, 0.6) is 5.75 Å². The van der Waals surface area contributed by atoms with Gasteiger partial charge in [0.25, 0.3) is 18.1 Å². The van der Waals surface area contributed by atoms with Crippen molar-refractivity contribution in [3.63, 3.8) is 0 Å². The minimum Gasteiger partial charge on any atom is -0.429 e. The van der Waals surface area contributed by atoms with E-state index < -0.39 is 4.92 Å². The normalized spacial score (nSPS) is 13.1. The average molecular weight is 468 g/mol. The molecule has 34 heavy (non-hydrogen) atoms. The van der Waals surface area contributed by atoms with Crippen LogP contribution in [0.4, 0.5) is 5.69 Å². The summed E-state index contributed by atoms with van der Waals surface area (Å²) >= 11 is 0. The maximum Gasteiger partial charge on any atom is 0.298 e. The van der Waals surface area contributed by atoms with Gasteiger partial charge in [-0.3, -0.25) is 19.7 Å². The number of nitrogens with zero attached hydrogens (tertiary/aromatic N) is 2. The number of aryl methyl sites for hydroxylation is 1. The number of ether oxygens (including phenoxy) is 1. The van der Waals surface area contributed by atoms with Crippen LogP contribution in [-0.2, 0) is 4.79 Å². The van der Waals surface area contributed by atoms with Crippen molar-refractivity contribution in [2.75, 3.05) is 26.7 Å². The Hall–Kier alpha value is -3.78. The predicted octanol–water partition coefficient (Wildman–Crippen LogP) is 4.56. The number of nitro benzene ring substituents is 1. The molecule has 0 aliphatic carbocycles. The summed E-state index contributed by atoms with van der Waals surface area (Å²) in [5.74, 6) is 0.972. The van der Waals surface area contributed by atoms with Gasteiger partial charge in [-0.2, -0.15) is 0 Å². The van der Waals surface area contributed by atoms with Crippen LogP contribution in [0.2, 0.25) is 0 Å². The first-order valence-electron chi connectivity index (χ1n) is 10.9. The minimum atomic E-state index is -0.523. The van der Waals surface area contributed by atoms with Crippen LogP contribution >= 0.6 is 0 Å². The Morgan fingerprint density at radius 1 is 1.12 bits per heavy atom. The second kappa shape index (κ2) is 15.9. The maximum absolute atomic E-state index is 11.9. The van der Waals surface area contributed by atoms with Crippen LogP contribution in [0.25, 0.3) is 0 Å². The van der Waals surface area contributed by atoms with E-state index in [9.17, 15) is 19.7 Å². The summed E-state index contributed by atoms with van der Waals surface area (Å²) in [6.07, 6.45) is 5.65. The maximum atomic E-state index is 11.9. The van der Waals surface area contributed by atoms with Gasteiger partial charge in [0.2, 0.25) is 0 Å². The van der Waals surface area contributed by atoms with E-state index in [0.717, 1.165) is 25.2 Å². The Morgan fingerprint density at radius 2 is 1.68 bits per heavy atom. The Balaban J connectivity index is 0.000000312. The lowest BCUT2D eigenvalue weighted by Gasteiger charge is -2.28. The van der Waals surface area contributed by atoms with E-state index in [4.69, 9.17) is 0 Å². The zero-order valence-electron chi connectivity index (χ0n) is 19.8. The topological polar surface area (TPSA) is 102 Å². The van der Waals surface area contributed by atoms with Crippen molar-refractivity contribution in [1.29, 1.82) is 0 Å². The molecular weight excluding hydrogens is 434 g/mol. The zero-order chi connectivity index (χ0) is 25.3. The second-order valence-corrected chi connectivity index (χ2v) is 7.76. The lowest BCUT2D eigenvalue weighted by molar-refractivity contribution is -0.384. The van der Waals surface area contributed by atoms with Gasteiger partial charge in [0, 0.05) is 24.2 Å². The van der Waals surface area contributed by atoms with Crippen LogP contribution in [0.15, 0.2) is 73.8 Å². The molecule has 0 aromatic heterocycles. The monoisotopic (exact) mass is 467 g/mol. The molecule has 0 atom stereocenters. The van der Waals surface area contributed by atoms with Gasteiger partial charge >= 0.3 is 0 Å². The smallest absolute Gasteiger partial charge is 0.298 e. The molecule has 2 aromatic rings. The Bertz CT molecular complexity index is 912. The fourth-order valence-corrected chi connectivity index (χ4v) is 3.01. The van der Waals surface area contributed by atoms with Crippen LogP contribution in [0, 0.1) is 23.0 Å². The number of non-ortho nitro benzene ring substituents is 1.